The quantitative estimate of drug-likeness (QED) is 0.607. The number of aromatic amines is 1. The van der Waals surface area contributed by atoms with Crippen molar-refractivity contribution in [3.05, 3.63) is 66.5 Å². The largest absolute Gasteiger partial charge is 0.342 e. The standard InChI is InChI=1S/C22H23FN4O3S/c23-13-17-14-27(20(28)11-12-31(29,30)18-9-5-2-6-10-18)15-19(17)22-24-21(25-26-22)16-7-3-1-4-8-16/h1-10,17,19H,11-15H2,(H,24,25,26)/t17-,19-/m1/s1. The molecule has 4 rings (SSSR count). The van der Waals surface area contributed by atoms with Crippen molar-refractivity contribution < 1.29 is 17.6 Å². The average molecular weight is 443 g/mol. The van der Waals surface area contributed by atoms with Crippen molar-refractivity contribution in [3.8, 4) is 11.4 Å². The van der Waals surface area contributed by atoms with E-state index in [2.05, 4.69) is 15.2 Å². The van der Waals surface area contributed by atoms with Crippen molar-refractivity contribution >= 4 is 15.7 Å². The van der Waals surface area contributed by atoms with Crippen molar-refractivity contribution in [1.82, 2.24) is 20.1 Å². The van der Waals surface area contributed by atoms with E-state index in [1.54, 1.807) is 18.2 Å². The molecule has 1 aliphatic rings. The van der Waals surface area contributed by atoms with Gasteiger partial charge in [0.15, 0.2) is 15.7 Å². The molecule has 0 bridgehead atoms. The first-order valence-corrected chi connectivity index (χ1v) is 11.7. The predicted molar refractivity (Wildman–Crippen MR) is 114 cm³/mol. The lowest BCUT2D eigenvalue weighted by molar-refractivity contribution is -0.129. The van der Waals surface area contributed by atoms with E-state index in [9.17, 15) is 17.6 Å². The maximum atomic E-state index is 13.7. The molecule has 1 aromatic heterocycles. The number of hydrogen-bond acceptors (Lipinski definition) is 5. The maximum absolute atomic E-state index is 13.7. The van der Waals surface area contributed by atoms with Gasteiger partial charge in [-0.25, -0.2) is 13.4 Å². The van der Waals surface area contributed by atoms with Gasteiger partial charge in [0.25, 0.3) is 0 Å². The second-order valence-corrected chi connectivity index (χ2v) is 9.72. The summed E-state index contributed by atoms with van der Waals surface area (Å²) in [5, 5.41) is 7.12. The number of likely N-dealkylation sites (tertiary alicyclic amines) is 1. The number of nitrogens with one attached hydrogen (secondary N) is 1. The third-order valence-electron chi connectivity index (χ3n) is 5.56. The summed E-state index contributed by atoms with van der Waals surface area (Å²) in [5.41, 5.74) is 0.846. The molecule has 1 saturated heterocycles. The number of amides is 1. The molecule has 1 fully saturated rings. The Kier molecular flexibility index (Phi) is 6.13. The van der Waals surface area contributed by atoms with Gasteiger partial charge in [0.05, 0.1) is 17.3 Å². The zero-order valence-corrected chi connectivity index (χ0v) is 17.6. The molecular formula is C22H23FN4O3S. The zero-order chi connectivity index (χ0) is 21.8. The molecule has 0 radical (unpaired) electrons. The zero-order valence-electron chi connectivity index (χ0n) is 16.8. The van der Waals surface area contributed by atoms with Crippen molar-refractivity contribution in [2.24, 2.45) is 5.92 Å². The fourth-order valence-electron chi connectivity index (χ4n) is 3.82. The van der Waals surface area contributed by atoms with Crippen LogP contribution in [0.2, 0.25) is 0 Å². The predicted octanol–water partition coefficient (Wildman–Crippen LogP) is 2.85. The van der Waals surface area contributed by atoms with Crippen LogP contribution in [0.5, 0.6) is 0 Å². The third-order valence-corrected chi connectivity index (χ3v) is 7.30. The molecule has 0 unspecified atom stereocenters. The molecule has 162 valence electrons. The van der Waals surface area contributed by atoms with Crippen LogP contribution in [0.1, 0.15) is 18.2 Å². The van der Waals surface area contributed by atoms with Gasteiger partial charge in [-0.2, -0.15) is 5.10 Å². The number of aromatic nitrogens is 3. The summed E-state index contributed by atoms with van der Waals surface area (Å²) in [6.07, 6.45) is -0.144. The van der Waals surface area contributed by atoms with Crippen LogP contribution in [-0.4, -0.2) is 59.9 Å². The van der Waals surface area contributed by atoms with Crippen LogP contribution < -0.4 is 0 Å². The number of halogens is 1. The highest BCUT2D eigenvalue weighted by atomic mass is 32.2. The van der Waals surface area contributed by atoms with E-state index in [0.717, 1.165) is 5.56 Å². The van der Waals surface area contributed by atoms with Crippen LogP contribution in [0, 0.1) is 5.92 Å². The Bertz CT molecular complexity index is 1140. The Balaban J connectivity index is 1.42. The van der Waals surface area contributed by atoms with E-state index in [1.165, 1.54) is 17.0 Å². The van der Waals surface area contributed by atoms with Gasteiger partial charge < -0.3 is 4.90 Å². The lowest BCUT2D eigenvalue weighted by atomic mass is 9.97. The molecule has 1 amide bonds. The van der Waals surface area contributed by atoms with Gasteiger partial charge in [0.2, 0.25) is 5.91 Å². The molecule has 3 aromatic rings. The van der Waals surface area contributed by atoms with Crippen LogP contribution in [0.3, 0.4) is 0 Å². The Morgan fingerprint density at radius 2 is 1.74 bits per heavy atom. The second-order valence-electron chi connectivity index (χ2n) is 7.61. The minimum absolute atomic E-state index is 0.144. The highest BCUT2D eigenvalue weighted by Gasteiger charge is 2.38. The fraction of sp³-hybridized carbons (Fsp3) is 0.318. The van der Waals surface area contributed by atoms with Gasteiger partial charge in [-0.1, -0.05) is 48.5 Å². The van der Waals surface area contributed by atoms with Crippen molar-refractivity contribution in [3.63, 3.8) is 0 Å². The molecular weight excluding hydrogens is 419 g/mol. The molecule has 2 atom stereocenters. The molecule has 0 spiro atoms. The maximum Gasteiger partial charge on any atom is 0.223 e. The Hall–Kier alpha value is -3.07. The highest BCUT2D eigenvalue weighted by molar-refractivity contribution is 7.91. The van der Waals surface area contributed by atoms with Gasteiger partial charge in [-0.15, -0.1) is 0 Å². The number of rotatable bonds is 7. The van der Waals surface area contributed by atoms with Gasteiger partial charge in [0.1, 0.15) is 5.82 Å². The van der Waals surface area contributed by atoms with Crippen LogP contribution in [0.4, 0.5) is 4.39 Å². The monoisotopic (exact) mass is 442 g/mol. The van der Waals surface area contributed by atoms with Crippen LogP contribution in [-0.2, 0) is 14.6 Å². The molecule has 1 N–H and O–H groups in total. The van der Waals surface area contributed by atoms with Crippen molar-refractivity contribution in [2.75, 3.05) is 25.5 Å². The van der Waals surface area contributed by atoms with Gasteiger partial charge >= 0.3 is 0 Å². The molecule has 1 aliphatic heterocycles. The minimum atomic E-state index is -3.55. The molecule has 2 heterocycles. The number of H-pyrrole nitrogens is 1. The number of sulfone groups is 1. The van der Waals surface area contributed by atoms with E-state index < -0.39 is 22.4 Å². The molecule has 0 saturated carbocycles. The van der Waals surface area contributed by atoms with E-state index >= 15 is 0 Å². The number of nitrogens with zero attached hydrogens (tertiary/aromatic N) is 3. The molecule has 0 aliphatic carbocycles. The summed E-state index contributed by atoms with van der Waals surface area (Å²) in [6, 6.07) is 17.5. The first-order chi connectivity index (χ1) is 15.0. The Morgan fingerprint density at radius 3 is 2.42 bits per heavy atom. The van der Waals surface area contributed by atoms with E-state index in [1.807, 2.05) is 30.3 Å². The summed E-state index contributed by atoms with van der Waals surface area (Å²) in [5.74, 6) is -0.252. The van der Waals surface area contributed by atoms with Crippen molar-refractivity contribution in [2.45, 2.75) is 17.2 Å². The first-order valence-electron chi connectivity index (χ1n) is 10.1. The van der Waals surface area contributed by atoms with Gasteiger partial charge in [-0.05, 0) is 12.1 Å². The highest BCUT2D eigenvalue weighted by Crippen LogP contribution is 2.32. The molecule has 7 nitrogen and oxygen atoms in total. The van der Waals surface area contributed by atoms with E-state index in [-0.39, 0.29) is 42.0 Å². The normalized spacial score (nSPS) is 18.9. The van der Waals surface area contributed by atoms with Crippen LogP contribution >= 0.6 is 0 Å². The van der Waals surface area contributed by atoms with Crippen LogP contribution in [0.15, 0.2) is 65.6 Å². The summed E-state index contributed by atoms with van der Waals surface area (Å²) in [4.78, 5) is 18.9. The smallest absolute Gasteiger partial charge is 0.223 e. The average Bonchev–Trinajstić information content (AvgIpc) is 3.46. The lowest BCUT2D eigenvalue weighted by Crippen LogP contribution is -2.30. The number of alkyl halides is 1. The third kappa shape index (κ3) is 4.66. The number of carbonyl (C=O) groups excluding carboxylic acids is 1. The number of benzene rings is 2. The Morgan fingerprint density at radius 1 is 1.06 bits per heavy atom. The molecule has 31 heavy (non-hydrogen) atoms. The SMILES string of the molecule is O=C(CCS(=O)(=O)c1ccccc1)N1C[C@@H](CF)[C@H](c2nc(-c3ccccc3)n[nH]2)C1. The second kappa shape index (κ2) is 8.97. The molecule has 9 heteroatoms. The molecule has 2 aromatic carbocycles. The fourth-order valence-corrected chi connectivity index (χ4v) is 5.07. The van der Waals surface area contributed by atoms with E-state index in [4.69, 9.17) is 0 Å². The number of hydrogen-bond donors (Lipinski definition) is 1. The van der Waals surface area contributed by atoms with Crippen LogP contribution in [0.25, 0.3) is 11.4 Å². The minimum Gasteiger partial charge on any atom is -0.342 e. The summed E-state index contributed by atoms with van der Waals surface area (Å²) in [6.45, 7) is -0.0902. The summed E-state index contributed by atoms with van der Waals surface area (Å²) >= 11 is 0. The van der Waals surface area contributed by atoms with Crippen molar-refractivity contribution in [1.29, 1.82) is 0 Å². The number of carbonyl (C=O) groups is 1. The van der Waals surface area contributed by atoms with Gasteiger partial charge in [0, 0.05) is 36.9 Å². The van der Waals surface area contributed by atoms with Gasteiger partial charge in [-0.3, -0.25) is 14.3 Å². The first kappa shape index (κ1) is 21.2. The summed E-state index contributed by atoms with van der Waals surface area (Å²) in [7, 11) is -3.55. The van der Waals surface area contributed by atoms with E-state index in [0.29, 0.717) is 11.6 Å². The topological polar surface area (TPSA) is 96.0 Å². The lowest BCUT2D eigenvalue weighted by Gasteiger charge is -2.16. The summed E-state index contributed by atoms with van der Waals surface area (Å²) < 4.78 is 38.6. The Labute approximate surface area is 180 Å².